The third kappa shape index (κ3) is 3.32. The molecule has 0 saturated carbocycles. The number of aromatic nitrogens is 1. The van der Waals surface area contributed by atoms with Crippen LogP contribution in [0.25, 0.3) is 0 Å². The Balaban J connectivity index is 1.97. The molecule has 7 heteroatoms. The Morgan fingerprint density at radius 2 is 2.00 bits per heavy atom. The molecule has 0 spiro atoms. The van der Waals surface area contributed by atoms with Crippen LogP contribution in [0.2, 0.25) is 0 Å². The molecule has 0 aliphatic carbocycles. The summed E-state index contributed by atoms with van der Waals surface area (Å²) in [5, 5.41) is 0. The summed E-state index contributed by atoms with van der Waals surface area (Å²) in [4.78, 5) is 6.05. The van der Waals surface area contributed by atoms with Crippen LogP contribution in [-0.2, 0) is 11.3 Å². The zero-order chi connectivity index (χ0) is 14.8. The fraction of sp³-hybridized carbons (Fsp3) is 0.615. The molecule has 1 saturated heterocycles. The van der Waals surface area contributed by atoms with E-state index in [1.54, 1.807) is 12.4 Å². The van der Waals surface area contributed by atoms with Crippen molar-refractivity contribution in [3.63, 3.8) is 0 Å². The van der Waals surface area contributed by atoms with E-state index in [-0.39, 0.29) is 12.8 Å². The van der Waals surface area contributed by atoms with Crippen molar-refractivity contribution in [1.29, 1.82) is 0 Å². The maximum Gasteiger partial charge on any atom is 0.417 e. The average molecular weight is 353 g/mol. The van der Waals surface area contributed by atoms with Crippen LogP contribution in [0.1, 0.15) is 18.4 Å². The lowest BCUT2D eigenvalue weighted by Gasteiger charge is -2.41. The predicted molar refractivity (Wildman–Crippen MR) is 72.2 cm³/mol. The van der Waals surface area contributed by atoms with Gasteiger partial charge in [-0.2, -0.15) is 13.2 Å². The minimum absolute atomic E-state index is 0.0333. The first kappa shape index (κ1) is 15.7. The third-order valence-electron chi connectivity index (χ3n) is 3.74. The number of methoxy groups -OCH3 is 1. The molecule has 1 aliphatic rings. The molecule has 0 unspecified atom stereocenters. The first-order valence-electron chi connectivity index (χ1n) is 6.30. The normalized spacial score (nSPS) is 20.1. The molecule has 0 amide bonds. The number of alkyl halides is 3. The Bertz CT molecular complexity index is 459. The highest BCUT2D eigenvalue weighted by atomic mass is 79.9. The van der Waals surface area contributed by atoms with E-state index in [2.05, 4.69) is 20.9 Å². The molecule has 1 aliphatic heterocycles. The highest BCUT2D eigenvalue weighted by molar-refractivity contribution is 9.10. The number of likely N-dealkylation sites (tertiary alicyclic amines) is 1. The minimum Gasteiger partial charge on any atom is -0.369 e. The van der Waals surface area contributed by atoms with Crippen molar-refractivity contribution in [2.75, 3.05) is 20.2 Å². The molecule has 0 radical (unpaired) electrons. The second kappa shape index (κ2) is 5.99. The van der Waals surface area contributed by atoms with Gasteiger partial charge < -0.3 is 4.74 Å². The molecular weight excluding hydrogens is 337 g/mol. The molecule has 1 aromatic heterocycles. The van der Waals surface area contributed by atoms with Gasteiger partial charge in [0.2, 0.25) is 0 Å². The molecule has 0 aromatic carbocycles. The van der Waals surface area contributed by atoms with Crippen molar-refractivity contribution in [1.82, 2.24) is 9.88 Å². The highest BCUT2D eigenvalue weighted by Crippen LogP contribution is 2.41. The number of hydrogen-bond acceptors (Lipinski definition) is 3. The summed E-state index contributed by atoms with van der Waals surface area (Å²) in [5.74, 6) is 0. The first-order chi connectivity index (χ1) is 9.36. The number of hydrogen-bond donors (Lipinski definition) is 0. The lowest BCUT2D eigenvalue weighted by Crippen LogP contribution is -2.54. The van der Waals surface area contributed by atoms with Gasteiger partial charge in [-0.25, -0.2) is 0 Å². The second-order valence-corrected chi connectivity index (χ2v) is 5.90. The monoisotopic (exact) mass is 352 g/mol. The van der Waals surface area contributed by atoms with E-state index >= 15 is 0 Å². The summed E-state index contributed by atoms with van der Waals surface area (Å²) in [7, 11) is 1.14. The third-order valence-corrected chi connectivity index (χ3v) is 4.17. The van der Waals surface area contributed by atoms with E-state index in [9.17, 15) is 13.2 Å². The topological polar surface area (TPSA) is 25.4 Å². The number of nitrogens with zero attached hydrogens (tertiary/aromatic N) is 2. The molecular formula is C13H16BrF3N2O. The maximum atomic E-state index is 13.0. The Morgan fingerprint density at radius 1 is 1.35 bits per heavy atom. The largest absolute Gasteiger partial charge is 0.417 e. The van der Waals surface area contributed by atoms with Gasteiger partial charge in [-0.15, -0.1) is 0 Å². The molecule has 20 heavy (non-hydrogen) atoms. The van der Waals surface area contributed by atoms with E-state index in [1.165, 1.54) is 0 Å². The van der Waals surface area contributed by atoms with E-state index < -0.39 is 11.8 Å². The summed E-state index contributed by atoms with van der Waals surface area (Å²) >= 11 is 3.33. The lowest BCUT2D eigenvalue weighted by atomic mass is 9.90. The minimum atomic E-state index is -4.31. The molecule has 0 atom stereocenters. The summed E-state index contributed by atoms with van der Waals surface area (Å²) in [6.07, 6.45) is -0.972. The summed E-state index contributed by atoms with van der Waals surface area (Å²) < 4.78 is 44.8. The van der Waals surface area contributed by atoms with Gasteiger partial charge in [-0.1, -0.05) is 0 Å². The maximum absolute atomic E-state index is 13.0. The standard InChI is InChI=1S/C13H16BrF3N2O/c1-20-12(13(15,16)17)2-4-19(5-3-12)9-10-6-11(14)8-18-7-10/h6-8H,2-5,9H2,1H3. The van der Waals surface area contributed by atoms with Gasteiger partial charge in [0.15, 0.2) is 5.60 Å². The van der Waals surface area contributed by atoms with Gasteiger partial charge in [-0.3, -0.25) is 9.88 Å². The van der Waals surface area contributed by atoms with Crippen LogP contribution in [0.3, 0.4) is 0 Å². The zero-order valence-corrected chi connectivity index (χ0v) is 12.7. The van der Waals surface area contributed by atoms with Crippen LogP contribution in [-0.4, -0.2) is 41.9 Å². The summed E-state index contributed by atoms with van der Waals surface area (Å²) in [5.41, 5.74) is -1.00. The van der Waals surface area contributed by atoms with Gasteiger partial charge in [-0.05, 0) is 40.4 Å². The van der Waals surface area contributed by atoms with Crippen molar-refractivity contribution in [2.45, 2.75) is 31.2 Å². The Labute approximate surface area is 124 Å². The molecule has 0 bridgehead atoms. The van der Waals surface area contributed by atoms with E-state index in [0.717, 1.165) is 17.1 Å². The van der Waals surface area contributed by atoms with Crippen LogP contribution >= 0.6 is 15.9 Å². The van der Waals surface area contributed by atoms with E-state index in [1.807, 2.05) is 11.0 Å². The molecule has 112 valence electrons. The number of pyridine rings is 1. The first-order valence-corrected chi connectivity index (χ1v) is 7.09. The smallest absolute Gasteiger partial charge is 0.369 e. The Kier molecular flexibility index (Phi) is 4.71. The van der Waals surface area contributed by atoms with Crippen molar-refractivity contribution in [2.24, 2.45) is 0 Å². The van der Waals surface area contributed by atoms with Crippen LogP contribution in [0.15, 0.2) is 22.9 Å². The van der Waals surface area contributed by atoms with Crippen molar-refractivity contribution in [3.8, 4) is 0 Å². The Morgan fingerprint density at radius 3 is 2.50 bits per heavy atom. The average Bonchev–Trinajstić information content (AvgIpc) is 2.38. The number of ether oxygens (including phenoxy) is 1. The predicted octanol–water partition coefficient (Wildman–Crippen LogP) is 3.39. The van der Waals surface area contributed by atoms with Gasteiger partial charge in [0, 0.05) is 43.6 Å². The molecule has 2 rings (SSSR count). The van der Waals surface area contributed by atoms with Gasteiger partial charge in [0.25, 0.3) is 0 Å². The van der Waals surface area contributed by atoms with E-state index in [0.29, 0.717) is 19.6 Å². The van der Waals surface area contributed by atoms with Gasteiger partial charge >= 0.3 is 6.18 Å². The van der Waals surface area contributed by atoms with Crippen LogP contribution in [0.4, 0.5) is 13.2 Å². The molecule has 1 fully saturated rings. The summed E-state index contributed by atoms with van der Waals surface area (Å²) in [6.45, 7) is 1.32. The number of halogens is 4. The van der Waals surface area contributed by atoms with Crippen LogP contribution in [0, 0.1) is 0 Å². The van der Waals surface area contributed by atoms with Crippen LogP contribution < -0.4 is 0 Å². The van der Waals surface area contributed by atoms with Crippen molar-refractivity contribution in [3.05, 3.63) is 28.5 Å². The quantitative estimate of drug-likeness (QED) is 0.833. The number of rotatable bonds is 3. The number of piperidine rings is 1. The SMILES string of the molecule is COC1(C(F)(F)F)CCN(Cc2cncc(Br)c2)CC1. The van der Waals surface area contributed by atoms with Crippen molar-refractivity contribution < 1.29 is 17.9 Å². The van der Waals surface area contributed by atoms with Crippen LogP contribution in [0.5, 0.6) is 0 Å². The van der Waals surface area contributed by atoms with Gasteiger partial charge in [0.1, 0.15) is 0 Å². The molecule has 0 N–H and O–H groups in total. The van der Waals surface area contributed by atoms with E-state index in [4.69, 9.17) is 4.74 Å². The highest BCUT2D eigenvalue weighted by Gasteiger charge is 2.56. The Hall–Kier alpha value is -0.660. The molecule has 1 aromatic rings. The second-order valence-electron chi connectivity index (χ2n) is 4.98. The van der Waals surface area contributed by atoms with Crippen molar-refractivity contribution >= 4 is 15.9 Å². The fourth-order valence-electron chi connectivity index (χ4n) is 2.48. The lowest BCUT2D eigenvalue weighted by molar-refractivity contribution is -0.282. The van der Waals surface area contributed by atoms with Gasteiger partial charge in [0.05, 0.1) is 0 Å². The molecule has 2 heterocycles. The zero-order valence-electron chi connectivity index (χ0n) is 11.1. The fourth-order valence-corrected chi connectivity index (χ4v) is 2.89. The summed E-state index contributed by atoms with van der Waals surface area (Å²) in [6, 6.07) is 1.93. The molecule has 3 nitrogen and oxygen atoms in total.